The SMILES string of the molecule is COC(=O)c1ccccc1-c1nnc(N)s1. The average Bonchev–Trinajstić information content (AvgIpc) is 2.75. The van der Waals surface area contributed by atoms with Crippen LogP contribution in [-0.2, 0) is 4.74 Å². The average molecular weight is 235 g/mol. The molecule has 1 aromatic carbocycles. The van der Waals surface area contributed by atoms with Gasteiger partial charge in [-0.25, -0.2) is 4.79 Å². The van der Waals surface area contributed by atoms with E-state index in [0.717, 1.165) is 0 Å². The molecule has 0 aliphatic heterocycles. The van der Waals surface area contributed by atoms with Gasteiger partial charge in [0.15, 0.2) is 0 Å². The number of nitrogens with zero attached hydrogens (tertiary/aromatic N) is 2. The molecule has 16 heavy (non-hydrogen) atoms. The first-order chi connectivity index (χ1) is 7.72. The van der Waals surface area contributed by atoms with Crippen molar-refractivity contribution in [2.75, 3.05) is 12.8 Å². The highest BCUT2D eigenvalue weighted by Gasteiger charge is 2.15. The predicted molar refractivity (Wildman–Crippen MR) is 61.1 cm³/mol. The second kappa shape index (κ2) is 4.28. The molecule has 0 radical (unpaired) electrons. The second-order valence-corrected chi connectivity index (χ2v) is 3.99. The van der Waals surface area contributed by atoms with E-state index in [-0.39, 0.29) is 0 Å². The first-order valence-electron chi connectivity index (χ1n) is 4.49. The van der Waals surface area contributed by atoms with Crippen molar-refractivity contribution in [3.05, 3.63) is 29.8 Å². The molecule has 2 N–H and O–H groups in total. The molecule has 0 fully saturated rings. The number of hydrogen-bond donors (Lipinski definition) is 1. The van der Waals surface area contributed by atoms with E-state index < -0.39 is 5.97 Å². The minimum atomic E-state index is -0.399. The van der Waals surface area contributed by atoms with Crippen LogP contribution in [0.15, 0.2) is 24.3 Å². The van der Waals surface area contributed by atoms with Gasteiger partial charge in [0.05, 0.1) is 12.7 Å². The standard InChI is InChI=1S/C10H9N3O2S/c1-15-9(14)7-5-3-2-4-6(7)8-12-13-10(11)16-8/h2-5H,1H3,(H2,11,13). The quantitative estimate of drug-likeness (QED) is 0.799. The number of aromatic nitrogens is 2. The second-order valence-electron chi connectivity index (χ2n) is 2.98. The van der Waals surface area contributed by atoms with Crippen molar-refractivity contribution >= 4 is 22.4 Å². The Morgan fingerprint density at radius 3 is 2.75 bits per heavy atom. The van der Waals surface area contributed by atoms with Gasteiger partial charge < -0.3 is 10.5 Å². The summed E-state index contributed by atoms with van der Waals surface area (Å²) >= 11 is 1.23. The molecule has 0 amide bonds. The predicted octanol–water partition coefficient (Wildman–Crippen LogP) is 1.57. The third kappa shape index (κ3) is 1.87. The monoisotopic (exact) mass is 235 g/mol. The van der Waals surface area contributed by atoms with Crippen LogP contribution in [0.4, 0.5) is 5.13 Å². The molecule has 0 saturated heterocycles. The Hall–Kier alpha value is -1.95. The zero-order valence-corrected chi connectivity index (χ0v) is 9.32. The van der Waals surface area contributed by atoms with Gasteiger partial charge in [-0.05, 0) is 6.07 Å². The molecule has 2 rings (SSSR count). The van der Waals surface area contributed by atoms with Gasteiger partial charge in [-0.2, -0.15) is 0 Å². The van der Waals surface area contributed by atoms with Gasteiger partial charge in [-0.15, -0.1) is 10.2 Å². The smallest absolute Gasteiger partial charge is 0.338 e. The summed E-state index contributed by atoms with van der Waals surface area (Å²) in [4.78, 5) is 11.5. The summed E-state index contributed by atoms with van der Waals surface area (Å²) in [7, 11) is 1.34. The molecule has 0 aliphatic rings. The van der Waals surface area contributed by atoms with Crippen LogP contribution in [0.3, 0.4) is 0 Å². The molecule has 6 heteroatoms. The number of ether oxygens (including phenoxy) is 1. The van der Waals surface area contributed by atoms with Crippen molar-refractivity contribution < 1.29 is 9.53 Å². The van der Waals surface area contributed by atoms with Gasteiger partial charge in [-0.3, -0.25) is 0 Å². The number of nitrogens with two attached hydrogens (primary N) is 1. The highest BCUT2D eigenvalue weighted by molar-refractivity contribution is 7.18. The minimum Gasteiger partial charge on any atom is -0.465 e. The molecule has 5 nitrogen and oxygen atoms in total. The number of rotatable bonds is 2. The minimum absolute atomic E-state index is 0.370. The van der Waals surface area contributed by atoms with Crippen molar-refractivity contribution in [1.29, 1.82) is 0 Å². The maximum absolute atomic E-state index is 11.5. The summed E-state index contributed by atoms with van der Waals surface area (Å²) in [6, 6.07) is 7.05. The third-order valence-electron chi connectivity index (χ3n) is 2.00. The van der Waals surface area contributed by atoms with Gasteiger partial charge in [0.2, 0.25) is 5.13 Å². The van der Waals surface area contributed by atoms with Crippen LogP contribution in [0, 0.1) is 0 Å². The number of hydrogen-bond acceptors (Lipinski definition) is 6. The summed E-state index contributed by atoms with van der Waals surface area (Å²) < 4.78 is 4.69. The van der Waals surface area contributed by atoms with Crippen molar-refractivity contribution in [2.24, 2.45) is 0 Å². The third-order valence-corrected chi connectivity index (χ3v) is 2.79. The van der Waals surface area contributed by atoms with E-state index in [1.54, 1.807) is 18.2 Å². The van der Waals surface area contributed by atoms with Crippen LogP contribution >= 0.6 is 11.3 Å². The van der Waals surface area contributed by atoms with Crippen LogP contribution < -0.4 is 5.73 Å². The number of esters is 1. The van der Waals surface area contributed by atoms with E-state index in [9.17, 15) is 4.79 Å². The van der Waals surface area contributed by atoms with Crippen LogP contribution in [0.2, 0.25) is 0 Å². The topological polar surface area (TPSA) is 78.1 Å². The van der Waals surface area contributed by atoms with Gasteiger partial charge in [-0.1, -0.05) is 29.5 Å². The van der Waals surface area contributed by atoms with Crippen LogP contribution in [0.1, 0.15) is 10.4 Å². The normalized spacial score (nSPS) is 10.1. The van der Waals surface area contributed by atoms with Crippen LogP contribution in [0.25, 0.3) is 10.6 Å². The van der Waals surface area contributed by atoms with Crippen LogP contribution in [0.5, 0.6) is 0 Å². The van der Waals surface area contributed by atoms with E-state index in [1.807, 2.05) is 6.07 Å². The molecule has 1 heterocycles. The number of methoxy groups -OCH3 is 1. The summed E-state index contributed by atoms with van der Waals surface area (Å²) in [5, 5.41) is 8.59. The van der Waals surface area contributed by atoms with E-state index in [4.69, 9.17) is 10.5 Å². The molecule has 2 aromatic rings. The Balaban J connectivity index is 2.52. The van der Waals surface area contributed by atoms with Crippen molar-refractivity contribution in [2.45, 2.75) is 0 Å². The lowest BCUT2D eigenvalue weighted by atomic mass is 10.1. The first kappa shape index (κ1) is 10.6. The largest absolute Gasteiger partial charge is 0.465 e. The van der Waals surface area contributed by atoms with Gasteiger partial charge in [0.1, 0.15) is 5.01 Å². The Morgan fingerprint density at radius 2 is 2.12 bits per heavy atom. The number of anilines is 1. The van der Waals surface area contributed by atoms with Crippen LogP contribution in [-0.4, -0.2) is 23.3 Å². The fourth-order valence-corrected chi connectivity index (χ4v) is 1.95. The van der Waals surface area contributed by atoms with E-state index in [1.165, 1.54) is 18.4 Å². The lowest BCUT2D eigenvalue weighted by molar-refractivity contribution is 0.0601. The lowest BCUT2D eigenvalue weighted by Crippen LogP contribution is -2.03. The summed E-state index contributed by atoms with van der Waals surface area (Å²) in [6.07, 6.45) is 0. The molecular weight excluding hydrogens is 226 g/mol. The van der Waals surface area contributed by atoms with E-state index >= 15 is 0 Å². The van der Waals surface area contributed by atoms with Gasteiger partial charge in [0, 0.05) is 5.56 Å². The molecule has 0 aliphatic carbocycles. The fraction of sp³-hybridized carbons (Fsp3) is 0.100. The number of nitrogen functional groups attached to an aromatic ring is 1. The summed E-state index contributed by atoms with van der Waals surface area (Å²) in [6.45, 7) is 0. The zero-order valence-electron chi connectivity index (χ0n) is 8.51. The highest BCUT2D eigenvalue weighted by atomic mass is 32.1. The Bertz CT molecular complexity index is 524. The number of carbonyl (C=O) groups excluding carboxylic acids is 1. The van der Waals surface area contributed by atoms with Crippen molar-refractivity contribution in [3.8, 4) is 10.6 Å². The van der Waals surface area contributed by atoms with Gasteiger partial charge >= 0.3 is 5.97 Å². The summed E-state index contributed by atoms with van der Waals surface area (Å²) in [5.74, 6) is -0.399. The zero-order chi connectivity index (χ0) is 11.5. The van der Waals surface area contributed by atoms with Crippen molar-refractivity contribution in [1.82, 2.24) is 10.2 Å². The molecule has 0 saturated carbocycles. The molecular formula is C10H9N3O2S. The molecule has 0 unspecified atom stereocenters. The molecule has 0 spiro atoms. The summed E-state index contributed by atoms with van der Waals surface area (Å²) in [5.41, 5.74) is 6.65. The lowest BCUT2D eigenvalue weighted by Gasteiger charge is -2.03. The number of carbonyl (C=O) groups is 1. The fourth-order valence-electron chi connectivity index (χ4n) is 1.30. The maximum atomic E-state index is 11.5. The molecule has 0 atom stereocenters. The Kier molecular flexibility index (Phi) is 2.82. The maximum Gasteiger partial charge on any atom is 0.338 e. The first-order valence-corrected chi connectivity index (χ1v) is 5.30. The molecule has 82 valence electrons. The number of benzene rings is 1. The Labute approximate surface area is 95.9 Å². The molecule has 1 aromatic heterocycles. The molecule has 0 bridgehead atoms. The Morgan fingerprint density at radius 1 is 1.38 bits per heavy atom. The van der Waals surface area contributed by atoms with E-state index in [0.29, 0.717) is 21.3 Å². The highest BCUT2D eigenvalue weighted by Crippen LogP contribution is 2.27. The van der Waals surface area contributed by atoms with E-state index in [2.05, 4.69) is 10.2 Å². The van der Waals surface area contributed by atoms with Crippen molar-refractivity contribution in [3.63, 3.8) is 0 Å². The van der Waals surface area contributed by atoms with Gasteiger partial charge in [0.25, 0.3) is 0 Å².